The Morgan fingerprint density at radius 3 is 2.69 bits per heavy atom. The molecule has 2 amide bonds. The monoisotopic (exact) mass is 486 g/mol. The maximum Gasteiger partial charge on any atom is 0.259 e. The van der Waals surface area contributed by atoms with E-state index in [1.54, 1.807) is 37.7 Å². The molecule has 0 fully saturated rings. The SMILES string of the molecule is COc1cccc(CNC(=O)c2ccc3c(c2)CNCCCCCCCN3C(=O)c2cccnc2)c1. The van der Waals surface area contributed by atoms with Gasteiger partial charge in [-0.3, -0.25) is 14.6 Å². The third kappa shape index (κ3) is 6.70. The largest absolute Gasteiger partial charge is 0.497 e. The third-order valence-electron chi connectivity index (χ3n) is 6.42. The van der Waals surface area contributed by atoms with Gasteiger partial charge in [0.05, 0.1) is 12.7 Å². The van der Waals surface area contributed by atoms with Crippen LogP contribution in [-0.2, 0) is 13.1 Å². The highest BCUT2D eigenvalue weighted by molar-refractivity contribution is 6.06. The summed E-state index contributed by atoms with van der Waals surface area (Å²) in [5, 5.41) is 6.50. The standard InChI is InChI=1S/C29H34N4O3/c1-36-26-11-7-9-22(17-26)19-32-28(34)23-12-13-27-25(18-23)21-30-14-5-3-2-4-6-16-33(27)29(35)24-10-8-15-31-20-24/h7-13,15,17-18,20,30H,2-6,14,16,19,21H2,1H3,(H,32,34). The first-order valence-electron chi connectivity index (χ1n) is 12.6. The molecule has 188 valence electrons. The zero-order valence-corrected chi connectivity index (χ0v) is 20.8. The first kappa shape index (κ1) is 25.4. The van der Waals surface area contributed by atoms with Gasteiger partial charge in [0.15, 0.2) is 0 Å². The zero-order valence-electron chi connectivity index (χ0n) is 20.8. The van der Waals surface area contributed by atoms with Gasteiger partial charge in [0.1, 0.15) is 5.75 Å². The molecule has 2 heterocycles. The van der Waals surface area contributed by atoms with Gasteiger partial charge < -0.3 is 20.3 Å². The highest BCUT2D eigenvalue weighted by Gasteiger charge is 2.22. The maximum atomic E-state index is 13.5. The lowest BCUT2D eigenvalue weighted by molar-refractivity contribution is 0.0949. The molecule has 0 unspecified atom stereocenters. The fourth-order valence-corrected chi connectivity index (χ4v) is 4.45. The minimum Gasteiger partial charge on any atom is -0.497 e. The first-order valence-corrected chi connectivity index (χ1v) is 12.6. The molecule has 0 spiro atoms. The summed E-state index contributed by atoms with van der Waals surface area (Å²) in [5.74, 6) is 0.527. The second kappa shape index (κ2) is 12.8. The lowest BCUT2D eigenvalue weighted by Crippen LogP contribution is -2.34. The van der Waals surface area contributed by atoms with E-state index in [2.05, 4.69) is 15.6 Å². The molecule has 4 rings (SSSR count). The van der Waals surface area contributed by atoms with E-state index >= 15 is 0 Å². The number of pyridine rings is 1. The molecule has 0 saturated heterocycles. The molecule has 0 aliphatic carbocycles. The Morgan fingerprint density at radius 1 is 1.00 bits per heavy atom. The number of amides is 2. The number of carbonyl (C=O) groups excluding carboxylic acids is 2. The number of hydrogen-bond donors (Lipinski definition) is 2. The number of rotatable bonds is 5. The van der Waals surface area contributed by atoms with Gasteiger partial charge >= 0.3 is 0 Å². The first-order chi connectivity index (χ1) is 17.7. The van der Waals surface area contributed by atoms with Crippen LogP contribution in [0.15, 0.2) is 67.0 Å². The lowest BCUT2D eigenvalue weighted by atomic mass is 10.0. The van der Waals surface area contributed by atoms with Crippen molar-refractivity contribution in [2.24, 2.45) is 0 Å². The van der Waals surface area contributed by atoms with E-state index in [9.17, 15) is 9.59 Å². The fourth-order valence-electron chi connectivity index (χ4n) is 4.45. The maximum absolute atomic E-state index is 13.5. The van der Waals surface area contributed by atoms with E-state index < -0.39 is 0 Å². The Morgan fingerprint density at radius 2 is 1.86 bits per heavy atom. The van der Waals surface area contributed by atoms with Crippen molar-refractivity contribution < 1.29 is 14.3 Å². The van der Waals surface area contributed by atoms with E-state index in [-0.39, 0.29) is 11.8 Å². The van der Waals surface area contributed by atoms with Crippen molar-refractivity contribution in [2.45, 2.75) is 45.2 Å². The molecule has 7 nitrogen and oxygen atoms in total. The lowest BCUT2D eigenvalue weighted by Gasteiger charge is -2.26. The van der Waals surface area contributed by atoms with E-state index in [4.69, 9.17) is 4.74 Å². The highest BCUT2D eigenvalue weighted by atomic mass is 16.5. The van der Waals surface area contributed by atoms with E-state index in [0.717, 1.165) is 54.8 Å². The van der Waals surface area contributed by atoms with Gasteiger partial charge in [-0.15, -0.1) is 0 Å². The van der Waals surface area contributed by atoms with Crippen LogP contribution in [0.5, 0.6) is 5.75 Å². The average Bonchev–Trinajstić information content (AvgIpc) is 2.92. The third-order valence-corrected chi connectivity index (χ3v) is 6.42. The normalized spacial score (nSPS) is 14.6. The summed E-state index contributed by atoms with van der Waals surface area (Å²) in [6.45, 7) is 2.52. The quantitative estimate of drug-likeness (QED) is 0.545. The minimum absolute atomic E-state index is 0.0726. The molecule has 36 heavy (non-hydrogen) atoms. The number of benzene rings is 2. The number of methoxy groups -OCH3 is 1. The Labute approximate surface area is 212 Å². The summed E-state index contributed by atoms with van der Waals surface area (Å²) in [6.07, 6.45) is 8.74. The number of fused-ring (bicyclic) bond motifs is 1. The van der Waals surface area contributed by atoms with Gasteiger partial charge in [-0.25, -0.2) is 0 Å². The topological polar surface area (TPSA) is 83.6 Å². The number of aromatic nitrogens is 1. The van der Waals surface area contributed by atoms with Crippen LogP contribution in [0, 0.1) is 0 Å². The van der Waals surface area contributed by atoms with E-state index in [1.165, 1.54) is 6.42 Å². The van der Waals surface area contributed by atoms with Gasteiger partial charge in [-0.1, -0.05) is 31.4 Å². The van der Waals surface area contributed by atoms with Crippen LogP contribution in [0.1, 0.15) is 63.9 Å². The molecule has 1 aromatic heterocycles. The smallest absolute Gasteiger partial charge is 0.259 e. The van der Waals surface area contributed by atoms with Gasteiger partial charge in [0, 0.05) is 43.3 Å². The van der Waals surface area contributed by atoms with Crippen molar-refractivity contribution in [2.75, 3.05) is 25.1 Å². The van der Waals surface area contributed by atoms with E-state index in [0.29, 0.717) is 30.8 Å². The van der Waals surface area contributed by atoms with Crippen LogP contribution in [-0.4, -0.2) is 37.0 Å². The molecule has 2 aromatic carbocycles. The molecule has 2 N–H and O–H groups in total. The van der Waals surface area contributed by atoms with Crippen molar-refractivity contribution >= 4 is 17.5 Å². The van der Waals surface area contributed by atoms with Crippen LogP contribution in [0.3, 0.4) is 0 Å². The highest BCUT2D eigenvalue weighted by Crippen LogP contribution is 2.26. The van der Waals surface area contributed by atoms with Crippen LogP contribution < -0.4 is 20.3 Å². The van der Waals surface area contributed by atoms with Gasteiger partial charge in [-0.2, -0.15) is 0 Å². The van der Waals surface area contributed by atoms with Gasteiger partial charge in [-0.05, 0) is 73.0 Å². The van der Waals surface area contributed by atoms with Gasteiger partial charge in [0.2, 0.25) is 0 Å². The molecule has 0 radical (unpaired) electrons. The molecular formula is C29H34N4O3. The van der Waals surface area contributed by atoms with Gasteiger partial charge in [0.25, 0.3) is 11.8 Å². The predicted octanol–water partition coefficient (Wildman–Crippen LogP) is 4.72. The fraction of sp³-hybridized carbons (Fsp3) is 0.345. The zero-order chi connectivity index (χ0) is 25.2. The number of ether oxygens (including phenoxy) is 1. The Balaban J connectivity index is 1.58. The number of carbonyl (C=O) groups is 2. The summed E-state index contributed by atoms with van der Waals surface area (Å²) < 4.78 is 5.27. The number of nitrogens with one attached hydrogen (secondary N) is 2. The Hall–Kier alpha value is -3.71. The summed E-state index contributed by atoms with van der Waals surface area (Å²) in [4.78, 5) is 32.5. The van der Waals surface area contributed by atoms with Crippen molar-refractivity contribution in [3.63, 3.8) is 0 Å². The van der Waals surface area contributed by atoms with Crippen LogP contribution in [0.2, 0.25) is 0 Å². The second-order valence-corrected chi connectivity index (χ2v) is 9.02. The number of anilines is 1. The molecule has 1 aliphatic heterocycles. The Bertz CT molecular complexity index is 1170. The molecule has 1 aliphatic rings. The Kier molecular flexibility index (Phi) is 9.05. The van der Waals surface area contributed by atoms with Crippen LogP contribution in [0.4, 0.5) is 5.69 Å². The predicted molar refractivity (Wildman–Crippen MR) is 141 cm³/mol. The van der Waals surface area contributed by atoms with Crippen molar-refractivity contribution in [1.82, 2.24) is 15.6 Å². The van der Waals surface area contributed by atoms with E-state index in [1.807, 2.05) is 41.3 Å². The van der Waals surface area contributed by atoms with Crippen LogP contribution in [0.25, 0.3) is 0 Å². The molecular weight excluding hydrogens is 452 g/mol. The van der Waals surface area contributed by atoms with Crippen molar-refractivity contribution in [3.8, 4) is 5.75 Å². The number of nitrogens with zero attached hydrogens (tertiary/aromatic N) is 2. The molecule has 3 aromatic rings. The van der Waals surface area contributed by atoms with Crippen LogP contribution >= 0.6 is 0 Å². The summed E-state index contributed by atoms with van der Waals surface area (Å²) in [5.41, 5.74) is 3.86. The number of hydrogen-bond acceptors (Lipinski definition) is 5. The summed E-state index contributed by atoms with van der Waals surface area (Å²) >= 11 is 0. The molecule has 0 bridgehead atoms. The average molecular weight is 487 g/mol. The molecule has 0 atom stereocenters. The second-order valence-electron chi connectivity index (χ2n) is 9.02. The summed E-state index contributed by atoms with van der Waals surface area (Å²) in [6, 6.07) is 16.8. The molecule has 7 heteroatoms. The summed E-state index contributed by atoms with van der Waals surface area (Å²) in [7, 11) is 1.62. The molecule has 0 saturated carbocycles. The minimum atomic E-state index is -0.156. The van der Waals surface area contributed by atoms with Crippen molar-refractivity contribution in [1.29, 1.82) is 0 Å². The van der Waals surface area contributed by atoms with Crippen molar-refractivity contribution in [3.05, 3.63) is 89.2 Å².